The number of aliphatic imine (C=N–C) groups is 1. The Hall–Kier alpha value is -1.77. The van der Waals surface area contributed by atoms with Crippen LogP contribution in [0, 0.1) is 0 Å². The number of hydrogen-bond acceptors (Lipinski definition) is 10. The van der Waals surface area contributed by atoms with Gasteiger partial charge in [0.15, 0.2) is 17.5 Å². The van der Waals surface area contributed by atoms with Crippen LogP contribution in [0.3, 0.4) is 0 Å². The van der Waals surface area contributed by atoms with Crippen LogP contribution in [0.25, 0.3) is 0 Å². The van der Waals surface area contributed by atoms with Crippen molar-refractivity contribution >= 4 is 21.9 Å². The van der Waals surface area contributed by atoms with Crippen LogP contribution in [0.15, 0.2) is 11.3 Å². The predicted octanol–water partition coefficient (Wildman–Crippen LogP) is -2.94. The standard InChI is InChI=1S/C10H15N5O7S/c11-9-13-8-7(10(18,14-9)23(19,20)21)12-3-15(8)6-1-4(17)5(2-16)22-6/h3-6,16-18H,1-2H2,(H3,11,13,14)(H,19,20,21)/t4-,5+,6+,10?/m0/s1. The minimum atomic E-state index is -5.03. The summed E-state index contributed by atoms with van der Waals surface area (Å²) in [6.45, 7) is -0.406. The highest BCUT2D eigenvalue weighted by Crippen LogP contribution is 2.39. The Bertz CT molecular complexity index is 762. The molecule has 2 aliphatic rings. The number of rotatable bonds is 3. The largest absolute Gasteiger partial charge is 0.394 e. The molecular formula is C10H15N5O7S. The Morgan fingerprint density at radius 2 is 2.26 bits per heavy atom. The first kappa shape index (κ1) is 16.1. The lowest BCUT2D eigenvalue weighted by molar-refractivity contribution is -0.0439. The number of aliphatic hydroxyl groups excluding tert-OH is 2. The molecule has 0 aromatic carbocycles. The zero-order chi connectivity index (χ0) is 17.0. The van der Waals surface area contributed by atoms with Crippen LogP contribution < -0.4 is 11.1 Å². The molecule has 1 aromatic rings. The number of aliphatic hydroxyl groups is 3. The number of nitrogens with zero attached hydrogens (tertiary/aromatic N) is 3. The summed E-state index contributed by atoms with van der Waals surface area (Å²) in [4.78, 5) is 7.62. The first-order chi connectivity index (χ1) is 10.7. The van der Waals surface area contributed by atoms with Gasteiger partial charge in [-0.25, -0.2) is 4.98 Å². The fourth-order valence-electron chi connectivity index (χ4n) is 2.53. The van der Waals surface area contributed by atoms with Gasteiger partial charge in [0.25, 0.3) is 0 Å². The quantitative estimate of drug-likeness (QED) is 0.307. The summed E-state index contributed by atoms with van der Waals surface area (Å²) in [5.74, 6) is -0.617. The Balaban J connectivity index is 2.06. The van der Waals surface area contributed by atoms with Gasteiger partial charge in [0.05, 0.1) is 19.0 Å². The number of nitrogens with two attached hydrogens (primary N) is 1. The number of ether oxygens (including phenoxy) is 1. The molecule has 2 aliphatic heterocycles. The van der Waals surface area contributed by atoms with Gasteiger partial charge >= 0.3 is 15.2 Å². The first-order valence-electron chi connectivity index (χ1n) is 6.51. The van der Waals surface area contributed by atoms with E-state index in [1.807, 2.05) is 5.32 Å². The summed E-state index contributed by atoms with van der Waals surface area (Å²) in [7, 11) is -5.03. The lowest BCUT2D eigenvalue weighted by Crippen LogP contribution is -2.55. The number of hydrogen-bond donors (Lipinski definition) is 6. The molecule has 12 nitrogen and oxygen atoms in total. The number of guanidine groups is 1. The van der Waals surface area contributed by atoms with Crippen molar-refractivity contribution in [3.8, 4) is 0 Å². The Morgan fingerprint density at radius 1 is 1.57 bits per heavy atom. The van der Waals surface area contributed by atoms with E-state index in [-0.39, 0.29) is 12.2 Å². The van der Waals surface area contributed by atoms with Crippen LogP contribution >= 0.6 is 0 Å². The third kappa shape index (κ3) is 2.37. The molecule has 0 bridgehead atoms. The van der Waals surface area contributed by atoms with Crippen molar-refractivity contribution in [3.63, 3.8) is 0 Å². The van der Waals surface area contributed by atoms with E-state index < -0.39 is 51.9 Å². The first-order valence-corrected chi connectivity index (χ1v) is 7.95. The molecule has 23 heavy (non-hydrogen) atoms. The van der Waals surface area contributed by atoms with Gasteiger partial charge in [-0.05, 0) is 0 Å². The van der Waals surface area contributed by atoms with Gasteiger partial charge in [-0.15, -0.1) is 0 Å². The molecule has 4 atom stereocenters. The molecule has 128 valence electrons. The van der Waals surface area contributed by atoms with Crippen LogP contribution in [-0.2, 0) is 19.9 Å². The lowest BCUT2D eigenvalue weighted by Gasteiger charge is -2.28. The number of nitrogens with one attached hydrogen (secondary N) is 1. The van der Waals surface area contributed by atoms with E-state index in [1.54, 1.807) is 0 Å². The summed E-state index contributed by atoms with van der Waals surface area (Å²) in [5.41, 5.74) is 4.98. The van der Waals surface area contributed by atoms with Gasteiger partial charge in [-0.2, -0.15) is 13.4 Å². The van der Waals surface area contributed by atoms with E-state index in [0.717, 1.165) is 6.33 Å². The molecule has 7 N–H and O–H groups in total. The normalized spacial score (nSPS) is 33.9. The van der Waals surface area contributed by atoms with Crippen molar-refractivity contribution in [3.05, 3.63) is 12.0 Å². The molecule has 0 aliphatic carbocycles. The van der Waals surface area contributed by atoms with Crippen LogP contribution in [0.1, 0.15) is 18.3 Å². The third-order valence-corrected chi connectivity index (χ3v) is 4.72. The average Bonchev–Trinajstić information content (AvgIpc) is 3.00. The smallest absolute Gasteiger partial charge is 0.321 e. The van der Waals surface area contributed by atoms with Crippen LogP contribution in [-0.4, -0.2) is 62.6 Å². The predicted molar refractivity (Wildman–Crippen MR) is 73.7 cm³/mol. The summed E-state index contributed by atoms with van der Waals surface area (Å²) >= 11 is 0. The maximum absolute atomic E-state index is 11.5. The van der Waals surface area contributed by atoms with Crippen molar-refractivity contribution in [1.82, 2.24) is 14.9 Å². The molecule has 3 heterocycles. The van der Waals surface area contributed by atoms with Crippen molar-refractivity contribution in [2.45, 2.75) is 29.9 Å². The highest BCUT2D eigenvalue weighted by molar-refractivity contribution is 7.86. The van der Waals surface area contributed by atoms with Crippen LogP contribution in [0.2, 0.25) is 0 Å². The fraction of sp³-hybridized carbons (Fsp3) is 0.600. The highest BCUT2D eigenvalue weighted by atomic mass is 32.2. The summed E-state index contributed by atoms with van der Waals surface area (Å²) in [6.07, 6.45) is -1.35. The maximum Gasteiger partial charge on any atom is 0.321 e. The van der Waals surface area contributed by atoms with Gasteiger partial charge in [-0.3, -0.25) is 9.12 Å². The van der Waals surface area contributed by atoms with Gasteiger partial charge in [-0.1, -0.05) is 0 Å². The average molecular weight is 349 g/mol. The van der Waals surface area contributed by atoms with Crippen molar-refractivity contribution in [2.75, 3.05) is 6.61 Å². The van der Waals surface area contributed by atoms with E-state index in [9.17, 15) is 23.2 Å². The zero-order valence-electron chi connectivity index (χ0n) is 11.6. The SMILES string of the molecule is NC1=Nc2c(ncn2[C@H]2C[C@H](O)[C@@H](CO)O2)C(O)(S(=O)(=O)O)N1. The minimum absolute atomic E-state index is 0.0845. The molecule has 0 radical (unpaired) electrons. The molecule has 0 saturated carbocycles. The van der Waals surface area contributed by atoms with Crippen molar-refractivity contribution < 1.29 is 33.0 Å². The number of imidazole rings is 1. The summed E-state index contributed by atoms with van der Waals surface area (Å²) in [6, 6.07) is 0. The monoisotopic (exact) mass is 349 g/mol. The number of fused-ring (bicyclic) bond motifs is 1. The molecule has 13 heteroatoms. The molecule has 1 fully saturated rings. The van der Waals surface area contributed by atoms with Crippen molar-refractivity contribution in [1.29, 1.82) is 0 Å². The lowest BCUT2D eigenvalue weighted by atomic mass is 10.2. The van der Waals surface area contributed by atoms with E-state index in [4.69, 9.17) is 15.6 Å². The van der Waals surface area contributed by atoms with Gasteiger partial charge < -0.3 is 31.1 Å². The van der Waals surface area contributed by atoms with E-state index >= 15 is 0 Å². The second-order valence-electron chi connectivity index (χ2n) is 5.18. The van der Waals surface area contributed by atoms with Gasteiger partial charge in [0.2, 0.25) is 0 Å². The minimum Gasteiger partial charge on any atom is -0.394 e. The molecule has 1 saturated heterocycles. The van der Waals surface area contributed by atoms with Crippen molar-refractivity contribution in [2.24, 2.45) is 10.7 Å². The van der Waals surface area contributed by atoms with Gasteiger partial charge in [0.1, 0.15) is 12.3 Å². The highest BCUT2D eigenvalue weighted by Gasteiger charge is 2.51. The van der Waals surface area contributed by atoms with Gasteiger partial charge in [0, 0.05) is 6.42 Å². The Kier molecular flexibility index (Phi) is 3.58. The van der Waals surface area contributed by atoms with E-state index in [2.05, 4.69) is 9.98 Å². The Labute approximate surface area is 130 Å². The summed E-state index contributed by atoms with van der Waals surface area (Å²) < 4.78 is 38.9. The van der Waals surface area contributed by atoms with Crippen LogP contribution in [0.5, 0.6) is 0 Å². The molecule has 1 unspecified atom stereocenters. The zero-order valence-corrected chi connectivity index (χ0v) is 12.4. The molecule has 0 amide bonds. The molecular weight excluding hydrogens is 334 g/mol. The topological polar surface area (TPSA) is 193 Å². The van der Waals surface area contributed by atoms with E-state index in [1.165, 1.54) is 4.57 Å². The Morgan fingerprint density at radius 3 is 2.83 bits per heavy atom. The van der Waals surface area contributed by atoms with E-state index in [0.29, 0.717) is 0 Å². The fourth-order valence-corrected chi connectivity index (χ4v) is 3.15. The second kappa shape index (κ2) is 5.12. The second-order valence-corrected chi connectivity index (χ2v) is 6.72. The number of aromatic nitrogens is 2. The third-order valence-electron chi connectivity index (χ3n) is 3.68. The molecule has 1 aromatic heterocycles. The maximum atomic E-state index is 11.5. The molecule has 3 rings (SSSR count). The van der Waals surface area contributed by atoms with Crippen LogP contribution in [0.4, 0.5) is 5.82 Å². The summed E-state index contributed by atoms with van der Waals surface area (Å²) in [5, 5.41) is 28.1. The molecule has 0 spiro atoms.